The van der Waals surface area contributed by atoms with E-state index in [1.54, 1.807) is 12.1 Å². The van der Waals surface area contributed by atoms with Crippen molar-refractivity contribution >= 4 is 11.9 Å². The maximum atomic E-state index is 14.4. The van der Waals surface area contributed by atoms with Gasteiger partial charge in [-0.1, -0.05) is 397 Å². The molecule has 0 aliphatic rings. The first-order chi connectivity index (χ1) is 49.0. The molecule has 6 nitrogen and oxygen atoms in total. The molecule has 1 N–H and O–H groups in total. The Morgan fingerprint density at radius 1 is 0.307 bits per heavy atom. The van der Waals surface area contributed by atoms with Gasteiger partial charge in [-0.15, -0.1) is 0 Å². The Labute approximate surface area is 632 Å². The fraction of sp³-hybridized carbons (Fsp3) is 0.916. The van der Waals surface area contributed by atoms with Crippen LogP contribution in [0.1, 0.15) is 480 Å². The first kappa shape index (κ1) is 96.9. The molecule has 0 spiro atoms. The lowest BCUT2D eigenvalue weighted by Gasteiger charge is -2.28. The van der Waals surface area contributed by atoms with Crippen molar-refractivity contribution in [2.45, 2.75) is 499 Å². The summed E-state index contributed by atoms with van der Waals surface area (Å²) < 4.78 is 19.2. The van der Waals surface area contributed by atoms with Gasteiger partial charge in [0.2, 0.25) is 0 Å². The Morgan fingerprint density at radius 2 is 0.564 bits per heavy atom. The molecule has 0 radical (unpaired) electrons. The van der Waals surface area contributed by atoms with Gasteiger partial charge in [0, 0.05) is 13.5 Å². The number of methoxy groups -OCH3 is 1. The minimum Gasteiger partial charge on any atom is -0.508 e. The molecule has 1 aromatic rings. The molecule has 0 heterocycles. The van der Waals surface area contributed by atoms with E-state index in [4.69, 9.17) is 14.2 Å². The highest BCUT2D eigenvalue weighted by Crippen LogP contribution is 2.32. The summed E-state index contributed by atoms with van der Waals surface area (Å²) in [7, 11) is 1.84. The second kappa shape index (κ2) is 69.6. The smallest absolute Gasteiger partial charge is 0.308 e. The monoisotopic (exact) mass is 1420 g/mol. The number of ether oxygens (including phenoxy) is 3. The molecule has 0 amide bonds. The lowest BCUT2D eigenvalue weighted by molar-refractivity contribution is -0.161. The number of rotatable bonds is 77. The predicted octanol–water partition coefficient (Wildman–Crippen LogP) is 31.4. The van der Waals surface area contributed by atoms with E-state index in [1.165, 1.54) is 314 Å². The minimum atomic E-state index is -0.269. The third-order valence-electron chi connectivity index (χ3n) is 23.7. The SMILES string of the molecule is CCCCCCCCCCCCCCCCCC[C@@H](C)C[C@@H](C)C[C@@H](C)C[C@@H](C)C(=O)O[C@H](CCCCCCCCCCCCCCCCc1ccc(O)cc1)C[C@@H](CCCC[C@H](C)[C@@H](CC)OC)OC(=O)[C@H](C)C[C@H](C)C[C@H](C)C[C@H](C)CCCCCCCCCCCCCCCCCC. The number of hydrogen-bond donors (Lipinski definition) is 1. The molecule has 1 rings (SSSR count). The number of esters is 2. The molecule has 596 valence electrons. The first-order valence-electron chi connectivity index (χ1n) is 45.7. The Hall–Kier alpha value is -2.08. The number of carbonyl (C=O) groups is 2. The van der Waals surface area contributed by atoms with E-state index in [1.807, 2.05) is 7.11 Å². The van der Waals surface area contributed by atoms with Crippen LogP contribution in [-0.4, -0.2) is 42.5 Å². The molecule has 0 aliphatic heterocycles. The highest BCUT2D eigenvalue weighted by molar-refractivity contribution is 5.72. The van der Waals surface area contributed by atoms with Gasteiger partial charge in [0.15, 0.2) is 0 Å². The summed E-state index contributed by atoms with van der Waals surface area (Å²) in [6, 6.07) is 7.70. The first-order valence-corrected chi connectivity index (χ1v) is 45.7. The molecular weight excluding hydrogens is 1240 g/mol. The molecule has 6 heteroatoms. The predicted molar refractivity (Wildman–Crippen MR) is 444 cm³/mol. The summed E-state index contributed by atoms with van der Waals surface area (Å²) in [6.45, 7) is 27.9. The Balaban J connectivity index is 2.83. The molecule has 0 fully saturated rings. The van der Waals surface area contributed by atoms with Crippen molar-refractivity contribution < 1.29 is 28.9 Å². The van der Waals surface area contributed by atoms with E-state index in [2.05, 4.69) is 95.2 Å². The number of hydrogen-bond acceptors (Lipinski definition) is 6. The van der Waals surface area contributed by atoms with Crippen LogP contribution in [0.3, 0.4) is 0 Å². The van der Waals surface area contributed by atoms with Crippen molar-refractivity contribution in [3.63, 3.8) is 0 Å². The van der Waals surface area contributed by atoms with Gasteiger partial charge in [-0.3, -0.25) is 9.59 Å². The van der Waals surface area contributed by atoms with E-state index in [0.29, 0.717) is 41.8 Å². The number of phenols is 1. The van der Waals surface area contributed by atoms with E-state index < -0.39 is 0 Å². The van der Waals surface area contributed by atoms with Gasteiger partial charge in [0.1, 0.15) is 18.0 Å². The van der Waals surface area contributed by atoms with Gasteiger partial charge in [-0.05, 0) is 149 Å². The quantitative estimate of drug-likeness (QED) is 0.0517. The zero-order valence-corrected chi connectivity index (χ0v) is 70.6. The summed E-state index contributed by atoms with van der Waals surface area (Å²) in [4.78, 5) is 28.7. The summed E-state index contributed by atoms with van der Waals surface area (Å²) >= 11 is 0. The molecule has 1 aromatic carbocycles. The van der Waals surface area contributed by atoms with Crippen molar-refractivity contribution in [2.24, 2.45) is 53.3 Å². The average Bonchev–Trinajstić information content (AvgIpc) is 1.34. The zero-order valence-electron chi connectivity index (χ0n) is 70.6. The van der Waals surface area contributed by atoms with Crippen molar-refractivity contribution in [2.75, 3.05) is 7.11 Å². The van der Waals surface area contributed by atoms with E-state index in [-0.39, 0.29) is 42.1 Å². The molecule has 0 bridgehead atoms. The van der Waals surface area contributed by atoms with Crippen molar-refractivity contribution in [3.8, 4) is 5.75 Å². The van der Waals surface area contributed by atoms with Crippen LogP contribution in [0.15, 0.2) is 24.3 Å². The number of benzene rings is 1. The molecular formula is C95H180O6. The Morgan fingerprint density at radius 3 is 0.871 bits per heavy atom. The number of aryl methyl sites for hydroxylation is 1. The zero-order chi connectivity index (χ0) is 74.0. The highest BCUT2D eigenvalue weighted by atomic mass is 16.6. The topological polar surface area (TPSA) is 82.1 Å². The van der Waals surface area contributed by atoms with Gasteiger partial charge >= 0.3 is 11.9 Å². The third-order valence-corrected chi connectivity index (χ3v) is 23.7. The normalized spacial score (nSPS) is 15.5. The largest absolute Gasteiger partial charge is 0.508 e. The molecule has 0 saturated heterocycles. The fourth-order valence-corrected chi connectivity index (χ4v) is 17.5. The number of aromatic hydroxyl groups is 1. The minimum absolute atomic E-state index is 0.0586. The summed E-state index contributed by atoms with van der Waals surface area (Å²) in [5.41, 5.74) is 1.33. The van der Waals surface area contributed by atoms with E-state index in [0.717, 1.165) is 95.3 Å². The summed E-state index contributed by atoms with van der Waals surface area (Å²) in [5, 5.41) is 9.57. The standard InChI is InChI=1S/C95H180O6/c1-14-17-19-21-23-25-27-29-31-33-37-41-45-49-53-57-63-80(4)73-82(6)75-84(8)77-87(11)94(97)100-91(67-60-56-52-48-44-40-36-35-39-43-47-51-55-59-66-89-69-71-90(96)72-70-89)79-92(68-62-61-65-86(10)93(16-3)99-13)101-95(98)88(12)78-85(9)76-83(7)74-81(5)64-58-54-50-46-42-38-34-32-30-28-26-24-22-20-18-15-2/h69-72,80-88,91-93,96H,14-68,73-79H2,1-13H3/t80-,81-,82-,83-,84-,85-,86+,87-,88-,91-,92-,93-/m1/s1. The van der Waals surface area contributed by atoms with Crippen LogP contribution in [0, 0.1) is 53.3 Å². The van der Waals surface area contributed by atoms with Crippen LogP contribution in [-0.2, 0) is 30.2 Å². The number of unbranched alkanes of at least 4 members (excludes halogenated alkanes) is 44. The van der Waals surface area contributed by atoms with Crippen molar-refractivity contribution in [1.29, 1.82) is 0 Å². The second-order valence-electron chi connectivity index (χ2n) is 35.0. The molecule has 0 unspecified atom stereocenters. The highest BCUT2D eigenvalue weighted by Gasteiger charge is 2.29. The summed E-state index contributed by atoms with van der Waals surface area (Å²) in [5.74, 6) is 4.08. The second-order valence-corrected chi connectivity index (χ2v) is 35.0. The lowest BCUT2D eigenvalue weighted by atomic mass is 9.84. The van der Waals surface area contributed by atoms with Gasteiger partial charge < -0.3 is 19.3 Å². The van der Waals surface area contributed by atoms with Crippen molar-refractivity contribution in [1.82, 2.24) is 0 Å². The maximum Gasteiger partial charge on any atom is 0.308 e. The van der Waals surface area contributed by atoms with Crippen LogP contribution >= 0.6 is 0 Å². The van der Waals surface area contributed by atoms with Gasteiger partial charge in [-0.2, -0.15) is 0 Å². The van der Waals surface area contributed by atoms with Crippen molar-refractivity contribution in [3.05, 3.63) is 29.8 Å². The van der Waals surface area contributed by atoms with E-state index >= 15 is 0 Å². The molecule has 0 aliphatic carbocycles. The van der Waals surface area contributed by atoms with Crippen LogP contribution < -0.4 is 0 Å². The average molecular weight is 1420 g/mol. The maximum absolute atomic E-state index is 14.4. The summed E-state index contributed by atoms with van der Waals surface area (Å²) in [6.07, 6.45) is 79.8. The van der Waals surface area contributed by atoms with Gasteiger partial charge in [-0.25, -0.2) is 0 Å². The fourth-order valence-electron chi connectivity index (χ4n) is 17.5. The Bertz CT molecular complexity index is 1890. The van der Waals surface area contributed by atoms with Gasteiger partial charge in [0.05, 0.1) is 17.9 Å². The third kappa shape index (κ3) is 60.6. The molecule has 0 aromatic heterocycles. The molecule has 0 saturated carbocycles. The lowest BCUT2D eigenvalue weighted by Crippen LogP contribution is -2.31. The molecule has 12 atom stereocenters. The van der Waals surface area contributed by atoms with Gasteiger partial charge in [0.25, 0.3) is 0 Å². The van der Waals surface area contributed by atoms with Crippen LogP contribution in [0.25, 0.3) is 0 Å². The van der Waals surface area contributed by atoms with Crippen LogP contribution in [0.2, 0.25) is 0 Å². The molecule has 101 heavy (non-hydrogen) atoms. The van der Waals surface area contributed by atoms with Crippen LogP contribution in [0.5, 0.6) is 5.75 Å². The number of phenolic OH excluding ortho intramolecular Hbond substituents is 1. The van der Waals surface area contributed by atoms with E-state index in [9.17, 15) is 14.7 Å². The number of carbonyl (C=O) groups excluding carboxylic acids is 2. The van der Waals surface area contributed by atoms with Crippen LogP contribution in [0.4, 0.5) is 0 Å². The Kier molecular flexibility index (Phi) is 66.8.